The van der Waals surface area contributed by atoms with E-state index in [2.05, 4.69) is 0 Å². The molecule has 0 bridgehead atoms. The summed E-state index contributed by atoms with van der Waals surface area (Å²) in [6, 6.07) is 10.8. The fraction of sp³-hybridized carbons (Fsp3) is 0.520. The molecule has 0 saturated heterocycles. The van der Waals surface area contributed by atoms with Crippen LogP contribution in [-0.4, -0.2) is 30.2 Å². The Balaban J connectivity index is 0.00000184. The van der Waals surface area contributed by atoms with Crippen LogP contribution in [0, 0.1) is 13.8 Å². The summed E-state index contributed by atoms with van der Waals surface area (Å²) in [5.74, 6) is -0.150. The zero-order valence-electron chi connectivity index (χ0n) is 19.5. The summed E-state index contributed by atoms with van der Waals surface area (Å²) in [6.07, 6.45) is 2.87. The smallest absolute Gasteiger partial charge is 0.168 e. The van der Waals surface area contributed by atoms with Crippen LogP contribution in [0.1, 0.15) is 62.8 Å². The summed E-state index contributed by atoms with van der Waals surface area (Å²) in [7, 11) is 3.32. The van der Waals surface area contributed by atoms with Crippen molar-refractivity contribution < 1.29 is 19.7 Å². The van der Waals surface area contributed by atoms with Gasteiger partial charge < -0.3 is 19.7 Å². The maximum absolute atomic E-state index is 9.70. The minimum absolute atomic E-state index is 0.274. The van der Waals surface area contributed by atoms with Crippen molar-refractivity contribution in [2.24, 2.45) is 0 Å². The molecular formula is C25H40O4. The molecule has 2 rings (SSSR count). The lowest BCUT2D eigenvalue weighted by atomic mass is 9.94. The average molecular weight is 405 g/mol. The number of phenolic OH excluding ortho intramolecular Hbond substituents is 2. The highest BCUT2D eigenvalue weighted by atomic mass is 16.7. The van der Waals surface area contributed by atoms with Gasteiger partial charge in [-0.3, -0.25) is 0 Å². The third-order valence-corrected chi connectivity index (χ3v) is 4.96. The van der Waals surface area contributed by atoms with E-state index in [1.807, 2.05) is 53.7 Å². The lowest BCUT2D eigenvalue weighted by Gasteiger charge is -2.31. The lowest BCUT2D eigenvalue weighted by molar-refractivity contribution is -0.214. The summed E-state index contributed by atoms with van der Waals surface area (Å²) in [5, 5.41) is 19.4. The van der Waals surface area contributed by atoms with E-state index in [0.29, 0.717) is 12.8 Å². The Hall–Kier alpha value is -2.04. The number of methoxy groups -OCH3 is 2. The highest BCUT2D eigenvalue weighted by Gasteiger charge is 2.29. The van der Waals surface area contributed by atoms with E-state index in [1.54, 1.807) is 38.5 Å². The van der Waals surface area contributed by atoms with Crippen LogP contribution in [0.15, 0.2) is 36.4 Å². The Morgan fingerprint density at radius 3 is 1.34 bits per heavy atom. The van der Waals surface area contributed by atoms with E-state index in [0.717, 1.165) is 35.1 Å². The van der Waals surface area contributed by atoms with Gasteiger partial charge in [0.25, 0.3) is 0 Å². The summed E-state index contributed by atoms with van der Waals surface area (Å²) in [4.78, 5) is 0. The maximum atomic E-state index is 9.70. The molecule has 29 heavy (non-hydrogen) atoms. The molecular weight excluding hydrogens is 364 g/mol. The molecule has 0 aromatic heterocycles. The average Bonchev–Trinajstić information content (AvgIpc) is 2.76. The highest BCUT2D eigenvalue weighted by Crippen LogP contribution is 2.28. The van der Waals surface area contributed by atoms with Crippen molar-refractivity contribution in [3.63, 3.8) is 0 Å². The molecule has 0 unspecified atom stereocenters. The Morgan fingerprint density at radius 1 is 0.690 bits per heavy atom. The first-order valence-electron chi connectivity index (χ1n) is 10.6. The van der Waals surface area contributed by atoms with E-state index in [1.165, 1.54) is 0 Å². The number of hydrogen-bond donors (Lipinski definition) is 2. The van der Waals surface area contributed by atoms with E-state index >= 15 is 0 Å². The normalized spacial score (nSPS) is 10.5. The summed E-state index contributed by atoms with van der Waals surface area (Å²) < 4.78 is 11.4. The van der Waals surface area contributed by atoms with Gasteiger partial charge >= 0.3 is 0 Å². The maximum Gasteiger partial charge on any atom is 0.168 e. The minimum Gasteiger partial charge on any atom is -0.508 e. The third kappa shape index (κ3) is 8.46. The van der Waals surface area contributed by atoms with Crippen LogP contribution in [0.2, 0.25) is 0 Å². The third-order valence-electron chi connectivity index (χ3n) is 4.96. The quantitative estimate of drug-likeness (QED) is 0.505. The summed E-state index contributed by atoms with van der Waals surface area (Å²) in [6.45, 7) is 12.1. The summed E-state index contributed by atoms with van der Waals surface area (Å²) in [5.41, 5.74) is 4.46. The Labute approximate surface area is 177 Å². The highest BCUT2D eigenvalue weighted by molar-refractivity contribution is 5.35. The Kier molecular flexibility index (Phi) is 13.0. The Bertz CT molecular complexity index is 648. The van der Waals surface area contributed by atoms with Gasteiger partial charge in [-0.1, -0.05) is 39.8 Å². The van der Waals surface area contributed by atoms with Crippen molar-refractivity contribution in [2.75, 3.05) is 14.2 Å². The summed E-state index contributed by atoms with van der Waals surface area (Å²) >= 11 is 0. The molecule has 2 aromatic rings. The molecule has 4 heteroatoms. The second kappa shape index (κ2) is 14.0. The van der Waals surface area contributed by atoms with Crippen LogP contribution < -0.4 is 0 Å². The molecule has 0 aliphatic heterocycles. The van der Waals surface area contributed by atoms with Crippen LogP contribution in [-0.2, 0) is 22.3 Å². The largest absolute Gasteiger partial charge is 0.508 e. The van der Waals surface area contributed by atoms with Gasteiger partial charge in [-0.05, 0) is 73.2 Å². The SMILES string of the molecule is CC.CC.COC(CCc1cc(O)ccc1C)(CCc1cc(O)ccc1C)OC. The van der Waals surface area contributed by atoms with Gasteiger partial charge in [0, 0.05) is 27.1 Å². The van der Waals surface area contributed by atoms with Gasteiger partial charge in [-0.25, -0.2) is 0 Å². The molecule has 2 aromatic carbocycles. The number of rotatable bonds is 8. The van der Waals surface area contributed by atoms with Gasteiger partial charge in [0.1, 0.15) is 11.5 Å². The zero-order chi connectivity index (χ0) is 22.4. The molecule has 0 heterocycles. The number of phenols is 2. The van der Waals surface area contributed by atoms with E-state index in [4.69, 9.17) is 9.47 Å². The number of hydrogen-bond acceptors (Lipinski definition) is 4. The van der Waals surface area contributed by atoms with Crippen LogP contribution in [0.3, 0.4) is 0 Å². The van der Waals surface area contributed by atoms with Gasteiger partial charge in [0.15, 0.2) is 5.79 Å². The molecule has 0 atom stereocenters. The van der Waals surface area contributed by atoms with Crippen molar-refractivity contribution in [1.29, 1.82) is 0 Å². The first-order chi connectivity index (χ1) is 13.9. The van der Waals surface area contributed by atoms with Crippen LogP contribution in [0.4, 0.5) is 0 Å². The Morgan fingerprint density at radius 2 is 1.03 bits per heavy atom. The fourth-order valence-electron chi connectivity index (χ4n) is 3.12. The van der Waals surface area contributed by atoms with E-state index in [-0.39, 0.29) is 11.5 Å². The van der Waals surface area contributed by atoms with E-state index in [9.17, 15) is 10.2 Å². The molecule has 0 aliphatic rings. The van der Waals surface area contributed by atoms with Crippen LogP contribution >= 0.6 is 0 Å². The van der Waals surface area contributed by atoms with Crippen LogP contribution in [0.25, 0.3) is 0 Å². The second-order valence-electron chi connectivity index (χ2n) is 6.54. The number of benzene rings is 2. The predicted octanol–water partition coefficient (Wildman–Crippen LogP) is 6.32. The van der Waals surface area contributed by atoms with Crippen molar-refractivity contribution in [3.05, 3.63) is 58.7 Å². The van der Waals surface area contributed by atoms with Gasteiger partial charge in [-0.2, -0.15) is 0 Å². The minimum atomic E-state index is -0.699. The monoisotopic (exact) mass is 404 g/mol. The molecule has 4 nitrogen and oxygen atoms in total. The van der Waals surface area contributed by atoms with Crippen molar-refractivity contribution in [2.45, 2.75) is 73.0 Å². The number of ether oxygens (including phenoxy) is 2. The van der Waals surface area contributed by atoms with Gasteiger partial charge in [-0.15, -0.1) is 0 Å². The van der Waals surface area contributed by atoms with Crippen molar-refractivity contribution >= 4 is 0 Å². The van der Waals surface area contributed by atoms with E-state index < -0.39 is 5.79 Å². The molecule has 0 amide bonds. The molecule has 0 fully saturated rings. The standard InChI is InChI=1S/C21H28O4.2C2H6/c1-15-5-7-19(22)13-17(15)9-11-21(24-3,25-4)12-10-18-14-20(23)8-6-16(18)2;2*1-2/h5-8,13-14,22-23H,9-12H2,1-4H3;2*1-2H3. The molecule has 2 N–H and O–H groups in total. The second-order valence-corrected chi connectivity index (χ2v) is 6.54. The molecule has 164 valence electrons. The first-order valence-corrected chi connectivity index (χ1v) is 10.6. The fourth-order valence-corrected chi connectivity index (χ4v) is 3.12. The molecule has 0 aliphatic carbocycles. The van der Waals surface area contributed by atoms with Crippen molar-refractivity contribution in [3.8, 4) is 11.5 Å². The van der Waals surface area contributed by atoms with Gasteiger partial charge in [0.05, 0.1) is 0 Å². The molecule has 0 spiro atoms. The van der Waals surface area contributed by atoms with Crippen LogP contribution in [0.5, 0.6) is 11.5 Å². The lowest BCUT2D eigenvalue weighted by Crippen LogP contribution is -2.35. The number of aryl methyl sites for hydroxylation is 4. The van der Waals surface area contributed by atoms with Gasteiger partial charge in [0.2, 0.25) is 0 Å². The topological polar surface area (TPSA) is 58.9 Å². The molecule has 0 radical (unpaired) electrons. The zero-order valence-corrected chi connectivity index (χ0v) is 19.5. The first kappa shape index (κ1) is 27.0. The molecule has 0 saturated carbocycles. The predicted molar refractivity (Wildman–Crippen MR) is 122 cm³/mol. The number of aromatic hydroxyl groups is 2. The van der Waals surface area contributed by atoms with Crippen molar-refractivity contribution in [1.82, 2.24) is 0 Å².